The molecule has 2 aliphatic rings. The number of carbonyl (C=O) groups excluding carboxylic acids is 1. The maximum atomic E-state index is 10.9. The SMILES string of the molecule is CC1CCC(C=O)N2CCCCC12. The molecule has 2 nitrogen and oxygen atoms in total. The standard InChI is InChI=1S/C11H19NO/c1-9-5-6-10(8-13)12-7-3-2-4-11(9)12/h8-11H,2-7H2,1H3. The second kappa shape index (κ2) is 3.79. The van der Waals surface area contributed by atoms with Gasteiger partial charge >= 0.3 is 0 Å². The van der Waals surface area contributed by atoms with Gasteiger partial charge in [-0.1, -0.05) is 13.3 Å². The zero-order chi connectivity index (χ0) is 9.26. The Morgan fingerprint density at radius 2 is 2.08 bits per heavy atom. The predicted octanol–water partition coefficient (Wildman–Crippen LogP) is 1.84. The largest absolute Gasteiger partial charge is 0.302 e. The summed E-state index contributed by atoms with van der Waals surface area (Å²) in [5, 5.41) is 0. The summed E-state index contributed by atoms with van der Waals surface area (Å²) in [5.41, 5.74) is 0. The van der Waals surface area contributed by atoms with Crippen LogP contribution in [0.3, 0.4) is 0 Å². The number of rotatable bonds is 1. The summed E-state index contributed by atoms with van der Waals surface area (Å²) >= 11 is 0. The Bertz CT molecular complexity index is 193. The zero-order valence-corrected chi connectivity index (χ0v) is 8.41. The normalized spacial score (nSPS) is 41.2. The van der Waals surface area contributed by atoms with Crippen molar-refractivity contribution in [3.8, 4) is 0 Å². The van der Waals surface area contributed by atoms with Crippen LogP contribution in [0, 0.1) is 5.92 Å². The van der Waals surface area contributed by atoms with E-state index in [1.54, 1.807) is 0 Å². The topological polar surface area (TPSA) is 20.3 Å². The maximum absolute atomic E-state index is 10.9. The molecule has 0 aromatic heterocycles. The fourth-order valence-corrected chi connectivity index (χ4v) is 2.94. The van der Waals surface area contributed by atoms with Crippen LogP contribution in [0.1, 0.15) is 39.0 Å². The number of piperidine rings is 2. The van der Waals surface area contributed by atoms with Crippen LogP contribution in [-0.4, -0.2) is 29.8 Å². The van der Waals surface area contributed by atoms with Crippen molar-refractivity contribution in [3.63, 3.8) is 0 Å². The summed E-state index contributed by atoms with van der Waals surface area (Å²) in [6, 6.07) is 0.944. The predicted molar refractivity (Wildman–Crippen MR) is 52.6 cm³/mol. The van der Waals surface area contributed by atoms with Crippen molar-refractivity contribution >= 4 is 6.29 Å². The summed E-state index contributed by atoms with van der Waals surface area (Å²) in [7, 11) is 0. The van der Waals surface area contributed by atoms with Gasteiger partial charge in [-0.15, -0.1) is 0 Å². The number of carbonyl (C=O) groups is 1. The van der Waals surface area contributed by atoms with Crippen molar-refractivity contribution < 1.29 is 4.79 Å². The molecular weight excluding hydrogens is 162 g/mol. The number of aldehydes is 1. The van der Waals surface area contributed by atoms with E-state index in [4.69, 9.17) is 0 Å². The van der Waals surface area contributed by atoms with Crippen LogP contribution in [-0.2, 0) is 4.79 Å². The monoisotopic (exact) mass is 181 g/mol. The molecule has 2 heterocycles. The molecule has 0 saturated carbocycles. The van der Waals surface area contributed by atoms with E-state index in [0.29, 0.717) is 6.04 Å². The van der Waals surface area contributed by atoms with Gasteiger partial charge in [0.25, 0.3) is 0 Å². The van der Waals surface area contributed by atoms with Crippen molar-refractivity contribution in [2.45, 2.75) is 51.1 Å². The second-order valence-corrected chi connectivity index (χ2v) is 4.56. The molecule has 2 fully saturated rings. The van der Waals surface area contributed by atoms with Crippen LogP contribution in [0.15, 0.2) is 0 Å². The van der Waals surface area contributed by atoms with Crippen LogP contribution < -0.4 is 0 Å². The summed E-state index contributed by atoms with van der Waals surface area (Å²) in [6.45, 7) is 3.49. The van der Waals surface area contributed by atoms with Gasteiger partial charge in [0.15, 0.2) is 0 Å². The molecule has 13 heavy (non-hydrogen) atoms. The summed E-state index contributed by atoms with van der Waals surface area (Å²) in [6.07, 6.45) is 7.44. The average molecular weight is 181 g/mol. The lowest BCUT2D eigenvalue weighted by Crippen LogP contribution is -2.53. The number of hydrogen-bond acceptors (Lipinski definition) is 2. The number of fused-ring (bicyclic) bond motifs is 1. The first-order chi connectivity index (χ1) is 6.33. The molecule has 0 aliphatic carbocycles. The molecule has 0 radical (unpaired) electrons. The van der Waals surface area contributed by atoms with E-state index in [2.05, 4.69) is 11.8 Å². The lowest BCUT2D eigenvalue weighted by atomic mass is 9.82. The fraction of sp³-hybridized carbons (Fsp3) is 0.909. The molecule has 3 atom stereocenters. The number of hydrogen-bond donors (Lipinski definition) is 0. The van der Waals surface area contributed by atoms with Crippen molar-refractivity contribution in [1.29, 1.82) is 0 Å². The molecule has 0 bridgehead atoms. The van der Waals surface area contributed by atoms with Gasteiger partial charge in [-0.3, -0.25) is 4.90 Å². The minimum Gasteiger partial charge on any atom is -0.302 e. The van der Waals surface area contributed by atoms with E-state index in [-0.39, 0.29) is 6.04 Å². The Balaban J connectivity index is 2.09. The molecule has 2 saturated heterocycles. The molecule has 2 heteroatoms. The zero-order valence-electron chi connectivity index (χ0n) is 8.41. The average Bonchev–Trinajstić information content (AvgIpc) is 2.19. The van der Waals surface area contributed by atoms with Crippen molar-refractivity contribution in [2.75, 3.05) is 6.54 Å². The highest BCUT2D eigenvalue weighted by molar-refractivity contribution is 5.58. The van der Waals surface area contributed by atoms with Gasteiger partial charge in [-0.25, -0.2) is 0 Å². The molecule has 74 valence electrons. The minimum atomic E-state index is 0.237. The van der Waals surface area contributed by atoms with Gasteiger partial charge in [0, 0.05) is 6.04 Å². The number of nitrogens with zero attached hydrogens (tertiary/aromatic N) is 1. The maximum Gasteiger partial charge on any atom is 0.137 e. The van der Waals surface area contributed by atoms with Gasteiger partial charge in [0.05, 0.1) is 6.04 Å². The second-order valence-electron chi connectivity index (χ2n) is 4.56. The lowest BCUT2D eigenvalue weighted by Gasteiger charge is -2.46. The molecule has 2 rings (SSSR count). The molecule has 0 N–H and O–H groups in total. The highest BCUT2D eigenvalue weighted by Gasteiger charge is 2.35. The van der Waals surface area contributed by atoms with Gasteiger partial charge < -0.3 is 4.79 Å². The Kier molecular flexibility index (Phi) is 2.68. The molecule has 0 aromatic carbocycles. The first kappa shape index (κ1) is 9.20. The van der Waals surface area contributed by atoms with Gasteiger partial charge in [0.1, 0.15) is 6.29 Å². The molecule has 3 unspecified atom stereocenters. The third-order valence-electron chi connectivity index (χ3n) is 3.75. The quantitative estimate of drug-likeness (QED) is 0.575. The Morgan fingerprint density at radius 3 is 2.85 bits per heavy atom. The van der Waals surface area contributed by atoms with Crippen LogP contribution in [0.25, 0.3) is 0 Å². The van der Waals surface area contributed by atoms with Gasteiger partial charge in [0.2, 0.25) is 0 Å². The Morgan fingerprint density at radius 1 is 1.23 bits per heavy atom. The molecule has 0 amide bonds. The highest BCUT2D eigenvalue weighted by Crippen LogP contribution is 2.33. The van der Waals surface area contributed by atoms with Crippen molar-refractivity contribution in [2.24, 2.45) is 5.92 Å². The van der Waals surface area contributed by atoms with E-state index in [1.165, 1.54) is 25.7 Å². The van der Waals surface area contributed by atoms with Gasteiger partial charge in [-0.05, 0) is 38.1 Å². The Hall–Kier alpha value is -0.370. The van der Waals surface area contributed by atoms with Gasteiger partial charge in [-0.2, -0.15) is 0 Å². The fourth-order valence-electron chi connectivity index (χ4n) is 2.94. The smallest absolute Gasteiger partial charge is 0.137 e. The first-order valence-corrected chi connectivity index (χ1v) is 5.54. The van der Waals surface area contributed by atoms with E-state index in [9.17, 15) is 4.79 Å². The van der Waals surface area contributed by atoms with E-state index in [1.807, 2.05) is 0 Å². The van der Waals surface area contributed by atoms with Crippen LogP contribution in [0.2, 0.25) is 0 Å². The van der Waals surface area contributed by atoms with Crippen molar-refractivity contribution in [3.05, 3.63) is 0 Å². The van der Waals surface area contributed by atoms with Crippen molar-refractivity contribution in [1.82, 2.24) is 4.90 Å². The molecule has 2 aliphatic heterocycles. The highest BCUT2D eigenvalue weighted by atomic mass is 16.1. The minimum absolute atomic E-state index is 0.237. The molecule has 0 aromatic rings. The molecular formula is C11H19NO. The summed E-state index contributed by atoms with van der Waals surface area (Å²) in [4.78, 5) is 13.3. The van der Waals surface area contributed by atoms with E-state index >= 15 is 0 Å². The van der Waals surface area contributed by atoms with Crippen LogP contribution in [0.4, 0.5) is 0 Å². The summed E-state index contributed by atoms with van der Waals surface area (Å²) < 4.78 is 0. The van der Waals surface area contributed by atoms with E-state index < -0.39 is 0 Å². The Labute approximate surface area is 80.3 Å². The third kappa shape index (κ3) is 1.64. The van der Waals surface area contributed by atoms with Crippen LogP contribution >= 0.6 is 0 Å². The first-order valence-electron chi connectivity index (χ1n) is 5.54. The third-order valence-corrected chi connectivity index (χ3v) is 3.75. The van der Waals surface area contributed by atoms with E-state index in [0.717, 1.165) is 25.2 Å². The van der Waals surface area contributed by atoms with Crippen LogP contribution in [0.5, 0.6) is 0 Å². The molecule has 0 spiro atoms. The summed E-state index contributed by atoms with van der Waals surface area (Å²) in [5.74, 6) is 0.802. The lowest BCUT2D eigenvalue weighted by molar-refractivity contribution is -0.116.